The van der Waals surface area contributed by atoms with Crippen LogP contribution in [-0.2, 0) is 23.7 Å². The number of carbonyl (C=O) groups excluding carboxylic acids is 2. The summed E-state index contributed by atoms with van der Waals surface area (Å²) >= 11 is 0. The van der Waals surface area contributed by atoms with Crippen LogP contribution >= 0.6 is 0 Å². The maximum absolute atomic E-state index is 13.5. The molecule has 2 aliphatic heterocycles. The lowest BCUT2D eigenvalue weighted by atomic mass is 9.46. The minimum atomic E-state index is -0.930. The number of esters is 1. The SMILES string of the molecule is CCOC(C1CCC2C(CC3[C@@H]4CCC5C(C)(C)C(OC(=O)C6CCN6C(=O)OC(C)(C)C)CCC56CC46CCC23C)O1)C(C)(C)O. The van der Waals surface area contributed by atoms with Gasteiger partial charge in [-0.05, 0) is 152 Å². The van der Waals surface area contributed by atoms with E-state index in [1.54, 1.807) is 0 Å². The van der Waals surface area contributed by atoms with Crippen molar-refractivity contribution in [1.82, 2.24) is 4.90 Å². The summed E-state index contributed by atoms with van der Waals surface area (Å²) in [5, 5.41) is 10.9. The normalized spacial score (nSPS) is 45.6. The van der Waals surface area contributed by atoms with Crippen LogP contribution in [0.2, 0.25) is 0 Å². The standard InChI is InChI=1S/C39H63NO7/c1-10-44-31(36(7,8)43)27-13-11-24-28(45-27)21-25-23-12-14-29-35(5,6)30(15-17-39(29)22-38(23,39)19-18-37(24,25)9)46-32(41)26-16-20-40(26)33(42)47-34(2,3)4/h23-31,43H,10-22H2,1-9H3/t23-,24?,25?,26?,27?,28?,29?,30?,31?,37?,38?,39?/m0/s1. The van der Waals surface area contributed by atoms with Crippen molar-refractivity contribution >= 4 is 12.1 Å². The fourth-order valence-corrected chi connectivity index (χ4v) is 13.0. The first-order valence-electron chi connectivity index (χ1n) is 19.1. The summed E-state index contributed by atoms with van der Waals surface area (Å²) in [7, 11) is 0. The molecular formula is C39H63NO7. The molecule has 47 heavy (non-hydrogen) atoms. The van der Waals surface area contributed by atoms with E-state index in [1.807, 2.05) is 41.5 Å². The molecule has 2 spiro atoms. The minimum Gasteiger partial charge on any atom is -0.460 e. The second kappa shape index (κ2) is 11.1. The predicted octanol–water partition coefficient (Wildman–Crippen LogP) is 7.29. The van der Waals surface area contributed by atoms with Gasteiger partial charge in [-0.25, -0.2) is 9.59 Å². The Morgan fingerprint density at radius 2 is 1.64 bits per heavy atom. The monoisotopic (exact) mass is 657 g/mol. The van der Waals surface area contributed by atoms with Gasteiger partial charge in [0.15, 0.2) is 0 Å². The molecule has 0 aromatic carbocycles. The van der Waals surface area contributed by atoms with Crippen molar-refractivity contribution in [2.45, 2.75) is 175 Å². The van der Waals surface area contributed by atoms with Gasteiger partial charge in [-0.2, -0.15) is 0 Å². The summed E-state index contributed by atoms with van der Waals surface area (Å²) in [6, 6.07) is -0.532. The molecule has 0 aromatic heterocycles. The highest BCUT2D eigenvalue weighted by Gasteiger charge is 2.81. The Kier molecular flexibility index (Phi) is 8.02. The molecule has 11 unspecified atom stereocenters. The Morgan fingerprint density at radius 3 is 2.28 bits per heavy atom. The molecule has 0 aromatic rings. The van der Waals surface area contributed by atoms with E-state index >= 15 is 0 Å². The lowest BCUT2D eigenvalue weighted by Gasteiger charge is -2.59. The van der Waals surface area contributed by atoms with E-state index in [4.69, 9.17) is 18.9 Å². The van der Waals surface area contributed by atoms with E-state index in [0.29, 0.717) is 53.6 Å². The summed E-state index contributed by atoms with van der Waals surface area (Å²) in [5.74, 6) is 2.32. The van der Waals surface area contributed by atoms with Gasteiger partial charge in [-0.15, -0.1) is 0 Å². The van der Waals surface area contributed by atoms with E-state index in [0.717, 1.165) is 31.6 Å². The molecule has 7 aliphatic rings. The highest BCUT2D eigenvalue weighted by atomic mass is 16.6. The summed E-state index contributed by atoms with van der Waals surface area (Å²) in [6.45, 7) is 19.7. The van der Waals surface area contributed by atoms with Gasteiger partial charge in [-0.3, -0.25) is 4.90 Å². The van der Waals surface area contributed by atoms with E-state index in [1.165, 1.54) is 43.4 Å². The first kappa shape index (κ1) is 34.1. The van der Waals surface area contributed by atoms with E-state index < -0.39 is 23.3 Å². The molecule has 1 N–H and O–H groups in total. The van der Waals surface area contributed by atoms with Crippen LogP contribution in [0.1, 0.15) is 133 Å². The fourth-order valence-electron chi connectivity index (χ4n) is 13.0. The molecule has 2 saturated heterocycles. The second-order valence-electron chi connectivity index (χ2n) is 19.3. The number of nitrogens with zero attached hydrogens (tertiary/aromatic N) is 1. The van der Waals surface area contributed by atoms with Crippen molar-refractivity contribution in [2.24, 2.45) is 45.3 Å². The first-order valence-corrected chi connectivity index (χ1v) is 19.1. The molecule has 1 amide bonds. The number of amides is 1. The van der Waals surface area contributed by atoms with Crippen LogP contribution in [-0.4, -0.2) is 76.9 Å². The molecule has 5 saturated carbocycles. The van der Waals surface area contributed by atoms with Crippen LogP contribution in [0.3, 0.4) is 0 Å². The molecule has 12 atom stereocenters. The Bertz CT molecular complexity index is 1250. The van der Waals surface area contributed by atoms with Crippen molar-refractivity contribution in [3.8, 4) is 0 Å². The maximum Gasteiger partial charge on any atom is 0.411 e. The van der Waals surface area contributed by atoms with Crippen LogP contribution in [0.25, 0.3) is 0 Å². The van der Waals surface area contributed by atoms with Crippen molar-refractivity contribution < 1.29 is 33.6 Å². The smallest absolute Gasteiger partial charge is 0.411 e. The lowest BCUT2D eigenvalue weighted by Crippen LogP contribution is -2.59. The molecule has 7 fully saturated rings. The predicted molar refractivity (Wildman–Crippen MR) is 178 cm³/mol. The van der Waals surface area contributed by atoms with Crippen molar-refractivity contribution in [3.05, 3.63) is 0 Å². The van der Waals surface area contributed by atoms with Crippen LogP contribution < -0.4 is 0 Å². The molecule has 2 heterocycles. The van der Waals surface area contributed by atoms with Gasteiger partial charge >= 0.3 is 12.1 Å². The van der Waals surface area contributed by atoms with Crippen molar-refractivity contribution in [2.75, 3.05) is 13.2 Å². The van der Waals surface area contributed by atoms with Crippen molar-refractivity contribution in [3.63, 3.8) is 0 Å². The third-order valence-electron chi connectivity index (χ3n) is 15.1. The molecule has 266 valence electrons. The van der Waals surface area contributed by atoms with Gasteiger partial charge in [0.25, 0.3) is 0 Å². The van der Waals surface area contributed by atoms with Gasteiger partial charge in [-0.1, -0.05) is 20.8 Å². The molecule has 7 rings (SSSR count). The van der Waals surface area contributed by atoms with Crippen LogP contribution in [0.15, 0.2) is 0 Å². The molecule has 5 aliphatic carbocycles. The van der Waals surface area contributed by atoms with Crippen molar-refractivity contribution in [1.29, 1.82) is 0 Å². The summed E-state index contributed by atoms with van der Waals surface area (Å²) in [4.78, 5) is 27.7. The van der Waals surface area contributed by atoms with Gasteiger partial charge in [0.2, 0.25) is 0 Å². The highest BCUT2D eigenvalue weighted by Crippen LogP contribution is 2.87. The summed E-state index contributed by atoms with van der Waals surface area (Å²) in [6.07, 6.45) is 11.8. The summed E-state index contributed by atoms with van der Waals surface area (Å²) in [5.41, 5.74) is -0.520. The lowest BCUT2D eigenvalue weighted by molar-refractivity contribution is -0.194. The van der Waals surface area contributed by atoms with Crippen LogP contribution in [0, 0.1) is 45.3 Å². The van der Waals surface area contributed by atoms with Gasteiger partial charge in [0.05, 0.1) is 17.8 Å². The number of ether oxygens (including phenoxy) is 4. The number of carbonyl (C=O) groups is 2. The highest BCUT2D eigenvalue weighted by molar-refractivity contribution is 5.83. The molecule has 8 nitrogen and oxygen atoms in total. The number of aliphatic hydroxyl groups is 1. The van der Waals surface area contributed by atoms with E-state index in [9.17, 15) is 14.7 Å². The minimum absolute atomic E-state index is 0.0492. The molecule has 8 heteroatoms. The number of likely N-dealkylation sites (tertiary alicyclic amines) is 1. The van der Waals surface area contributed by atoms with Gasteiger partial charge in [0.1, 0.15) is 23.9 Å². The topological polar surface area (TPSA) is 94.5 Å². The Balaban J connectivity index is 1.03. The number of hydrogen-bond acceptors (Lipinski definition) is 7. The number of rotatable bonds is 6. The van der Waals surface area contributed by atoms with Crippen LogP contribution in [0.5, 0.6) is 0 Å². The molecular weight excluding hydrogens is 594 g/mol. The zero-order chi connectivity index (χ0) is 33.9. The summed E-state index contributed by atoms with van der Waals surface area (Å²) < 4.78 is 24.9. The molecule has 0 radical (unpaired) electrons. The molecule has 0 bridgehead atoms. The number of fused-ring (bicyclic) bond motifs is 4. The van der Waals surface area contributed by atoms with Gasteiger partial charge in [0, 0.05) is 18.6 Å². The van der Waals surface area contributed by atoms with Gasteiger partial charge < -0.3 is 24.1 Å². The largest absolute Gasteiger partial charge is 0.460 e. The third kappa shape index (κ3) is 5.14. The number of hydrogen-bond donors (Lipinski definition) is 1. The zero-order valence-corrected chi connectivity index (χ0v) is 30.7. The second-order valence-corrected chi connectivity index (χ2v) is 19.3. The zero-order valence-electron chi connectivity index (χ0n) is 30.7. The average molecular weight is 658 g/mol. The fraction of sp³-hybridized carbons (Fsp3) is 0.949. The van der Waals surface area contributed by atoms with Crippen LogP contribution in [0.4, 0.5) is 4.79 Å². The quantitative estimate of drug-likeness (QED) is 0.300. The Labute approximate surface area is 283 Å². The third-order valence-corrected chi connectivity index (χ3v) is 15.1. The Hall–Kier alpha value is -1.38. The van der Waals surface area contributed by atoms with E-state index in [-0.39, 0.29) is 35.8 Å². The van der Waals surface area contributed by atoms with E-state index in [2.05, 4.69) is 20.8 Å². The maximum atomic E-state index is 13.5. The average Bonchev–Trinajstić information content (AvgIpc) is 3.51. The Morgan fingerprint density at radius 1 is 0.915 bits per heavy atom. The first-order chi connectivity index (χ1) is 21.9.